The second kappa shape index (κ2) is 6.05. The first-order valence-electron chi connectivity index (χ1n) is 8.16. The Labute approximate surface area is 145 Å². The van der Waals surface area contributed by atoms with Crippen molar-refractivity contribution in [2.24, 2.45) is 7.05 Å². The van der Waals surface area contributed by atoms with E-state index in [0.717, 1.165) is 16.9 Å². The molecular formula is C19H18N4O2. The minimum Gasteiger partial charge on any atom is -0.480 e. The van der Waals surface area contributed by atoms with Gasteiger partial charge in [0.05, 0.1) is 0 Å². The summed E-state index contributed by atoms with van der Waals surface area (Å²) < 4.78 is 7.38. The van der Waals surface area contributed by atoms with Crippen LogP contribution in [-0.4, -0.2) is 26.8 Å². The summed E-state index contributed by atoms with van der Waals surface area (Å²) in [6, 6.07) is 17.4. The summed E-state index contributed by atoms with van der Waals surface area (Å²) in [7, 11) is 1.75. The van der Waals surface area contributed by atoms with Gasteiger partial charge in [0.15, 0.2) is 11.9 Å². The maximum Gasteiger partial charge on any atom is 0.268 e. The van der Waals surface area contributed by atoms with E-state index in [9.17, 15) is 4.79 Å². The van der Waals surface area contributed by atoms with E-state index in [1.165, 1.54) is 0 Å². The fraction of sp³-hybridized carbons (Fsp3) is 0.211. The normalized spacial score (nSPS) is 18.5. The van der Waals surface area contributed by atoms with Gasteiger partial charge in [0.1, 0.15) is 5.75 Å². The molecule has 25 heavy (non-hydrogen) atoms. The standard InChI is InChI=1S/C19H18N4O2/c1-12-14-10-6-7-11-15(14)25-16(12)18(24)21-19-20-17(22-23(19)2)13-8-4-3-5-9-13/h3-12,16H,1-2H3,(H,20,21,22,24)/t12-,16+/m0/s1. The van der Waals surface area contributed by atoms with Crippen LogP contribution in [0.25, 0.3) is 11.4 Å². The average molecular weight is 334 g/mol. The number of fused-ring (bicyclic) bond motifs is 1. The van der Waals surface area contributed by atoms with E-state index in [1.807, 2.05) is 61.5 Å². The number of aryl methyl sites for hydroxylation is 1. The van der Waals surface area contributed by atoms with Crippen LogP contribution in [0.3, 0.4) is 0 Å². The molecule has 0 saturated heterocycles. The predicted molar refractivity (Wildman–Crippen MR) is 94.3 cm³/mol. The highest BCUT2D eigenvalue weighted by molar-refractivity contribution is 5.94. The molecule has 0 bridgehead atoms. The third-order valence-electron chi connectivity index (χ3n) is 4.41. The van der Waals surface area contributed by atoms with Gasteiger partial charge in [-0.3, -0.25) is 10.1 Å². The lowest BCUT2D eigenvalue weighted by Crippen LogP contribution is -2.34. The first-order chi connectivity index (χ1) is 12.1. The second-order valence-corrected chi connectivity index (χ2v) is 6.10. The molecule has 3 aromatic rings. The van der Waals surface area contributed by atoms with Gasteiger partial charge in [-0.25, -0.2) is 4.68 Å². The van der Waals surface area contributed by atoms with E-state index in [2.05, 4.69) is 15.4 Å². The average Bonchev–Trinajstić information content (AvgIpc) is 3.17. The number of rotatable bonds is 3. The molecule has 1 aliphatic rings. The van der Waals surface area contributed by atoms with Crippen molar-refractivity contribution in [1.29, 1.82) is 0 Å². The number of amides is 1. The van der Waals surface area contributed by atoms with Gasteiger partial charge >= 0.3 is 0 Å². The van der Waals surface area contributed by atoms with Gasteiger partial charge in [-0.1, -0.05) is 55.5 Å². The molecule has 0 spiro atoms. The van der Waals surface area contributed by atoms with Crippen LogP contribution in [0.4, 0.5) is 5.95 Å². The van der Waals surface area contributed by atoms with Crippen molar-refractivity contribution < 1.29 is 9.53 Å². The van der Waals surface area contributed by atoms with Gasteiger partial charge in [-0.15, -0.1) is 5.10 Å². The van der Waals surface area contributed by atoms with Crippen LogP contribution in [0, 0.1) is 0 Å². The summed E-state index contributed by atoms with van der Waals surface area (Å²) in [6.45, 7) is 1.99. The molecule has 6 nitrogen and oxygen atoms in total. The number of hydrogen-bond donors (Lipinski definition) is 1. The summed E-state index contributed by atoms with van der Waals surface area (Å²) in [6.07, 6.45) is -0.575. The Hall–Kier alpha value is -3.15. The van der Waals surface area contributed by atoms with Crippen LogP contribution in [-0.2, 0) is 11.8 Å². The van der Waals surface area contributed by atoms with Crippen LogP contribution in [0.2, 0.25) is 0 Å². The van der Waals surface area contributed by atoms with Gasteiger partial charge in [0.2, 0.25) is 5.95 Å². The fourth-order valence-corrected chi connectivity index (χ4v) is 3.03. The zero-order valence-corrected chi connectivity index (χ0v) is 14.0. The van der Waals surface area contributed by atoms with Crippen LogP contribution in [0.1, 0.15) is 18.4 Å². The molecule has 2 heterocycles. The largest absolute Gasteiger partial charge is 0.480 e. The minimum atomic E-state index is -0.575. The lowest BCUT2D eigenvalue weighted by molar-refractivity contribution is -0.122. The number of ether oxygens (including phenoxy) is 1. The van der Waals surface area contributed by atoms with Crippen molar-refractivity contribution in [2.45, 2.75) is 18.9 Å². The highest BCUT2D eigenvalue weighted by Gasteiger charge is 2.36. The Morgan fingerprint density at radius 3 is 2.60 bits per heavy atom. The van der Waals surface area contributed by atoms with Crippen molar-refractivity contribution in [3.05, 3.63) is 60.2 Å². The molecule has 2 atom stereocenters. The lowest BCUT2D eigenvalue weighted by atomic mass is 9.97. The summed E-state index contributed by atoms with van der Waals surface area (Å²) in [5.74, 6) is 1.49. The summed E-state index contributed by atoms with van der Waals surface area (Å²) in [5.41, 5.74) is 1.95. The van der Waals surface area contributed by atoms with Gasteiger partial charge in [-0.2, -0.15) is 4.98 Å². The fourth-order valence-electron chi connectivity index (χ4n) is 3.03. The number of aromatic nitrogens is 3. The topological polar surface area (TPSA) is 69.0 Å². The molecule has 6 heteroatoms. The van der Waals surface area contributed by atoms with Crippen molar-refractivity contribution in [2.75, 3.05) is 5.32 Å². The van der Waals surface area contributed by atoms with Crippen molar-refractivity contribution in [1.82, 2.24) is 14.8 Å². The molecule has 0 radical (unpaired) electrons. The van der Waals surface area contributed by atoms with Gasteiger partial charge in [-0.05, 0) is 6.07 Å². The Morgan fingerprint density at radius 1 is 1.12 bits per heavy atom. The molecule has 0 aliphatic carbocycles. The zero-order valence-electron chi connectivity index (χ0n) is 14.0. The molecule has 4 rings (SSSR count). The van der Waals surface area contributed by atoms with Gasteiger partial charge in [0.25, 0.3) is 5.91 Å². The van der Waals surface area contributed by atoms with Crippen LogP contribution in [0.5, 0.6) is 5.75 Å². The van der Waals surface area contributed by atoms with Crippen LogP contribution < -0.4 is 10.1 Å². The van der Waals surface area contributed by atoms with E-state index < -0.39 is 6.10 Å². The van der Waals surface area contributed by atoms with E-state index >= 15 is 0 Å². The zero-order chi connectivity index (χ0) is 17.4. The number of carbonyl (C=O) groups excluding carboxylic acids is 1. The smallest absolute Gasteiger partial charge is 0.268 e. The van der Waals surface area contributed by atoms with Crippen LogP contribution >= 0.6 is 0 Å². The molecule has 0 fully saturated rings. The minimum absolute atomic E-state index is 0.0157. The van der Waals surface area contributed by atoms with E-state index in [4.69, 9.17) is 4.74 Å². The molecular weight excluding hydrogens is 316 g/mol. The van der Waals surface area contributed by atoms with Crippen molar-refractivity contribution >= 4 is 11.9 Å². The number of nitrogens with one attached hydrogen (secondary N) is 1. The molecule has 0 saturated carbocycles. The second-order valence-electron chi connectivity index (χ2n) is 6.10. The number of anilines is 1. The Balaban J connectivity index is 1.54. The van der Waals surface area contributed by atoms with E-state index in [-0.39, 0.29) is 11.8 Å². The number of benzene rings is 2. The quantitative estimate of drug-likeness (QED) is 0.799. The first kappa shape index (κ1) is 15.4. The Morgan fingerprint density at radius 2 is 1.84 bits per heavy atom. The van der Waals surface area contributed by atoms with E-state index in [1.54, 1.807) is 11.7 Å². The van der Waals surface area contributed by atoms with Crippen molar-refractivity contribution in [3.8, 4) is 17.1 Å². The highest BCUT2D eigenvalue weighted by Crippen LogP contribution is 2.37. The molecule has 1 N–H and O–H groups in total. The number of hydrogen-bond acceptors (Lipinski definition) is 4. The highest BCUT2D eigenvalue weighted by atomic mass is 16.5. The Kier molecular flexibility index (Phi) is 3.72. The molecule has 1 amide bonds. The summed E-state index contributed by atoms with van der Waals surface area (Å²) in [5, 5.41) is 7.20. The Bertz CT molecular complexity index is 920. The summed E-state index contributed by atoms with van der Waals surface area (Å²) >= 11 is 0. The third-order valence-corrected chi connectivity index (χ3v) is 4.41. The monoisotopic (exact) mass is 334 g/mol. The SMILES string of the molecule is C[C@H]1c2ccccc2O[C@H]1C(=O)Nc1nc(-c2ccccc2)nn1C. The van der Waals surface area contributed by atoms with Crippen molar-refractivity contribution in [3.63, 3.8) is 0 Å². The molecule has 2 aromatic carbocycles. The molecule has 1 aromatic heterocycles. The number of carbonyl (C=O) groups is 1. The van der Waals surface area contributed by atoms with Gasteiger partial charge in [0, 0.05) is 24.1 Å². The molecule has 126 valence electrons. The van der Waals surface area contributed by atoms with Crippen LogP contribution in [0.15, 0.2) is 54.6 Å². The summed E-state index contributed by atoms with van der Waals surface area (Å²) in [4.78, 5) is 17.1. The molecule has 1 aliphatic heterocycles. The maximum atomic E-state index is 12.7. The number of nitrogens with zero attached hydrogens (tertiary/aromatic N) is 3. The molecule has 0 unspecified atom stereocenters. The third kappa shape index (κ3) is 2.76. The maximum absolute atomic E-state index is 12.7. The number of para-hydroxylation sites is 1. The predicted octanol–water partition coefficient (Wildman–Crippen LogP) is 2.99. The van der Waals surface area contributed by atoms with Gasteiger partial charge < -0.3 is 4.74 Å². The first-order valence-corrected chi connectivity index (χ1v) is 8.16. The lowest BCUT2D eigenvalue weighted by Gasteiger charge is -2.14. The van der Waals surface area contributed by atoms with E-state index in [0.29, 0.717) is 11.8 Å².